The second-order valence-electron chi connectivity index (χ2n) is 1.01. The molecule has 3 heteroatoms. The zero-order valence-corrected chi connectivity index (χ0v) is 4.51. The van der Waals surface area contributed by atoms with E-state index < -0.39 is 0 Å². The number of nitrogens with zero attached hydrogens (tertiary/aromatic N) is 1. The number of hydrogen-bond acceptors (Lipinski definition) is 2. The number of carbonyl (C=O) groups is 1. The van der Waals surface area contributed by atoms with Crippen molar-refractivity contribution in [3.8, 4) is 0 Å². The fourth-order valence-corrected chi connectivity index (χ4v) is 0.0913. The van der Waals surface area contributed by atoms with Crippen LogP contribution in [-0.4, -0.2) is 12.3 Å². The van der Waals surface area contributed by atoms with E-state index >= 15 is 0 Å². The van der Waals surface area contributed by atoms with Crippen molar-refractivity contribution in [2.24, 2.45) is 4.74 Å². The van der Waals surface area contributed by atoms with Gasteiger partial charge in [0.05, 0.1) is 0 Å². The van der Waals surface area contributed by atoms with Crippen LogP contribution < -0.4 is 0 Å². The molecule has 0 aromatic rings. The zero-order chi connectivity index (χ0) is 4.99. The first-order valence-electron chi connectivity index (χ1n) is 1.63. The summed E-state index contributed by atoms with van der Waals surface area (Å²) in [5.41, 5.74) is 0. The molecule has 0 fully saturated rings. The Balaban J connectivity index is 3.21. The number of aldehydes is 1. The Kier molecular flexibility index (Phi) is 2.87. The molecule has 0 aromatic carbocycles. The smallest absolute Gasteiger partial charge is 0.144 e. The van der Waals surface area contributed by atoms with Gasteiger partial charge in [-0.25, -0.2) is 0 Å². The topological polar surface area (TPSA) is 29.4 Å². The average molecular weight is 103 g/mol. The Morgan fingerprint density at radius 3 is 2.50 bits per heavy atom. The third kappa shape index (κ3) is 2.04. The van der Waals surface area contributed by atoms with E-state index in [2.05, 4.69) is 13.8 Å². The summed E-state index contributed by atoms with van der Waals surface area (Å²) in [6.07, 6.45) is 0.757. The summed E-state index contributed by atoms with van der Waals surface area (Å²) in [4.78, 5) is 9.61. The van der Waals surface area contributed by atoms with Gasteiger partial charge in [0.15, 0.2) is 0 Å². The maximum absolute atomic E-state index is 9.61. The highest BCUT2D eigenvalue weighted by molar-refractivity contribution is 7.04. The molecule has 0 aliphatic carbocycles. The predicted molar refractivity (Wildman–Crippen MR) is 26.3 cm³/mol. The molecule has 2 nitrogen and oxygen atoms in total. The highest BCUT2D eigenvalue weighted by Crippen LogP contribution is 1.83. The Labute approximate surface area is 38.9 Å². The minimum atomic E-state index is -0.207. The van der Waals surface area contributed by atoms with Gasteiger partial charge in [-0.05, 0) is 16.0 Å². The molecule has 0 N–H and O–H groups in total. The van der Waals surface area contributed by atoms with E-state index in [0.717, 1.165) is 6.29 Å². The van der Waals surface area contributed by atoms with Gasteiger partial charge in [-0.1, -0.05) is 0 Å². The van der Waals surface area contributed by atoms with Crippen molar-refractivity contribution >= 4 is 15.3 Å². The minimum absolute atomic E-state index is 0.207. The van der Waals surface area contributed by atoms with Crippen LogP contribution in [0.4, 0.5) is 0 Å². The lowest BCUT2D eigenvalue weighted by molar-refractivity contribution is -0.108. The van der Waals surface area contributed by atoms with Crippen molar-refractivity contribution in [2.75, 3.05) is 0 Å². The molecule has 0 bridgehead atoms. The van der Waals surface area contributed by atoms with Crippen LogP contribution in [0.15, 0.2) is 4.74 Å². The fraction of sp³-hybridized carbons (Fsp3) is 0.667. The van der Waals surface area contributed by atoms with Crippen molar-refractivity contribution in [1.29, 1.82) is 0 Å². The highest BCUT2D eigenvalue weighted by Gasteiger charge is 1.86. The van der Waals surface area contributed by atoms with Gasteiger partial charge in [-0.2, -0.15) is 0 Å². The van der Waals surface area contributed by atoms with Crippen LogP contribution in [0.2, 0.25) is 0 Å². The normalized spacial score (nSPS) is 12.8. The van der Waals surface area contributed by atoms with Gasteiger partial charge in [0.1, 0.15) is 12.3 Å². The molecule has 0 aromatic heterocycles. The van der Waals surface area contributed by atoms with Gasteiger partial charge in [0.2, 0.25) is 0 Å². The van der Waals surface area contributed by atoms with E-state index in [4.69, 9.17) is 0 Å². The van der Waals surface area contributed by atoms with Crippen LogP contribution >= 0.6 is 9.03 Å². The van der Waals surface area contributed by atoms with E-state index in [-0.39, 0.29) is 6.04 Å². The monoisotopic (exact) mass is 103 g/mol. The molecular weight excluding hydrogens is 97.0 g/mol. The Morgan fingerprint density at radius 2 is 2.50 bits per heavy atom. The van der Waals surface area contributed by atoms with Crippen molar-refractivity contribution < 1.29 is 4.79 Å². The summed E-state index contributed by atoms with van der Waals surface area (Å²) < 4.78 is 3.44. The second kappa shape index (κ2) is 2.98. The standard InChI is InChI=1S/C3H6NOP/c1-3(2-5)4-6/h2-3,6H,1H3/t3-/m0/s1. The lowest BCUT2D eigenvalue weighted by Gasteiger charge is -1.83. The molecule has 0 saturated heterocycles. The van der Waals surface area contributed by atoms with Crippen LogP contribution in [0.5, 0.6) is 0 Å². The summed E-state index contributed by atoms with van der Waals surface area (Å²) >= 11 is 0. The van der Waals surface area contributed by atoms with E-state index in [1.54, 1.807) is 6.92 Å². The third-order valence-corrected chi connectivity index (χ3v) is 0.808. The molecule has 34 valence electrons. The molecule has 1 atom stereocenters. The molecule has 0 saturated carbocycles. The van der Waals surface area contributed by atoms with E-state index in [1.165, 1.54) is 0 Å². The maximum atomic E-state index is 9.61. The molecule has 0 rings (SSSR count). The second-order valence-corrected chi connectivity index (χ2v) is 1.26. The van der Waals surface area contributed by atoms with Gasteiger partial charge in [-0.15, -0.1) is 0 Å². The van der Waals surface area contributed by atoms with E-state index in [0.29, 0.717) is 0 Å². The molecule has 0 heterocycles. The SMILES string of the molecule is C[C@@H](C=O)N=P. The summed E-state index contributed by atoms with van der Waals surface area (Å²) in [6, 6.07) is -0.207. The summed E-state index contributed by atoms with van der Waals surface area (Å²) in [7, 11) is 2.81. The third-order valence-electron chi connectivity index (χ3n) is 0.401. The van der Waals surface area contributed by atoms with Crippen LogP contribution in [0.3, 0.4) is 0 Å². The predicted octanol–water partition coefficient (Wildman–Crippen LogP) is 0.900. The first kappa shape index (κ1) is 5.77. The molecule has 0 aliphatic rings. The van der Waals surface area contributed by atoms with Gasteiger partial charge in [0.25, 0.3) is 0 Å². The van der Waals surface area contributed by atoms with Crippen molar-refractivity contribution in [2.45, 2.75) is 13.0 Å². The average Bonchev–Trinajstić information content (AvgIpc) is 1.65. The molecule has 0 spiro atoms. The number of rotatable bonds is 2. The molecule has 0 amide bonds. The van der Waals surface area contributed by atoms with Crippen LogP contribution in [-0.2, 0) is 4.79 Å². The van der Waals surface area contributed by atoms with Crippen LogP contribution in [0.1, 0.15) is 6.92 Å². The summed E-state index contributed by atoms with van der Waals surface area (Å²) in [5.74, 6) is 0. The van der Waals surface area contributed by atoms with E-state index in [9.17, 15) is 4.79 Å². The lowest BCUT2D eigenvalue weighted by Crippen LogP contribution is -1.93. The number of carbonyl (C=O) groups excluding carboxylic acids is 1. The van der Waals surface area contributed by atoms with Crippen molar-refractivity contribution in [1.82, 2.24) is 0 Å². The Hall–Kier alpha value is -0.230. The molecule has 6 heavy (non-hydrogen) atoms. The molecular formula is C3H6NOP. The van der Waals surface area contributed by atoms with Crippen LogP contribution in [0, 0.1) is 0 Å². The van der Waals surface area contributed by atoms with E-state index in [1.807, 2.05) is 0 Å². The molecule has 0 unspecified atom stereocenters. The van der Waals surface area contributed by atoms with Crippen molar-refractivity contribution in [3.05, 3.63) is 0 Å². The first-order valence-corrected chi connectivity index (χ1v) is 2.08. The highest BCUT2D eigenvalue weighted by atomic mass is 31.0. The zero-order valence-electron chi connectivity index (χ0n) is 3.51. The largest absolute Gasteiger partial charge is 0.301 e. The summed E-state index contributed by atoms with van der Waals surface area (Å²) in [5, 5.41) is 0. The van der Waals surface area contributed by atoms with Gasteiger partial charge >= 0.3 is 0 Å². The Bertz CT molecular complexity index is 55.8. The quantitative estimate of drug-likeness (QED) is 0.377. The lowest BCUT2D eigenvalue weighted by atomic mass is 10.4. The fourth-order valence-electron chi connectivity index (χ4n) is 0.0304. The number of hydrogen-bond donors (Lipinski definition) is 0. The van der Waals surface area contributed by atoms with Gasteiger partial charge < -0.3 is 4.79 Å². The maximum Gasteiger partial charge on any atom is 0.144 e. The summed E-state index contributed by atoms with van der Waals surface area (Å²) in [6.45, 7) is 1.69. The first-order chi connectivity index (χ1) is 2.81. The Morgan fingerprint density at radius 1 is 2.00 bits per heavy atom. The van der Waals surface area contributed by atoms with Gasteiger partial charge in [-0.3, -0.25) is 4.74 Å². The van der Waals surface area contributed by atoms with Gasteiger partial charge in [0, 0.05) is 0 Å². The minimum Gasteiger partial charge on any atom is -0.301 e. The molecule has 0 aliphatic heterocycles. The van der Waals surface area contributed by atoms with Crippen LogP contribution in [0.25, 0.3) is 0 Å². The van der Waals surface area contributed by atoms with Crippen molar-refractivity contribution in [3.63, 3.8) is 0 Å². The molecule has 0 radical (unpaired) electrons.